The number of aliphatic hydroxyl groups excluding tert-OH is 1. The maximum absolute atomic E-state index is 11.7. The summed E-state index contributed by atoms with van der Waals surface area (Å²) in [5.41, 5.74) is 5.78. The van der Waals surface area contributed by atoms with E-state index in [4.69, 9.17) is 10.8 Å². The van der Waals surface area contributed by atoms with Crippen LogP contribution in [0.3, 0.4) is 0 Å². The van der Waals surface area contributed by atoms with E-state index in [1.54, 1.807) is 6.07 Å². The van der Waals surface area contributed by atoms with Crippen LogP contribution in [0, 0.1) is 0 Å². The van der Waals surface area contributed by atoms with Crippen LogP contribution in [0.4, 0.5) is 5.69 Å². The van der Waals surface area contributed by atoms with Crippen molar-refractivity contribution in [1.29, 1.82) is 0 Å². The SMILES string of the molecule is CC(O)CS(=O)(=O)c1ccc(Br)cc1N. The Balaban J connectivity index is 3.16. The molecule has 0 fully saturated rings. The van der Waals surface area contributed by atoms with Gasteiger partial charge in [0, 0.05) is 4.47 Å². The molecule has 6 heteroatoms. The lowest BCUT2D eigenvalue weighted by Crippen LogP contribution is -2.18. The highest BCUT2D eigenvalue weighted by Gasteiger charge is 2.19. The zero-order chi connectivity index (χ0) is 11.6. The molecule has 15 heavy (non-hydrogen) atoms. The predicted molar refractivity (Wildman–Crippen MR) is 62.3 cm³/mol. The third kappa shape index (κ3) is 3.19. The van der Waals surface area contributed by atoms with Crippen molar-refractivity contribution in [3.05, 3.63) is 22.7 Å². The average molecular weight is 294 g/mol. The quantitative estimate of drug-likeness (QED) is 0.820. The molecule has 1 atom stereocenters. The second-order valence-electron chi connectivity index (χ2n) is 3.31. The minimum absolute atomic E-state index is 0.0617. The van der Waals surface area contributed by atoms with Gasteiger partial charge in [0.1, 0.15) is 0 Å². The number of halogens is 1. The van der Waals surface area contributed by atoms with Crippen LogP contribution in [0.25, 0.3) is 0 Å². The van der Waals surface area contributed by atoms with Gasteiger partial charge in [0.2, 0.25) is 0 Å². The van der Waals surface area contributed by atoms with Gasteiger partial charge in [-0.15, -0.1) is 0 Å². The lowest BCUT2D eigenvalue weighted by Gasteiger charge is -2.09. The van der Waals surface area contributed by atoms with Gasteiger partial charge >= 0.3 is 0 Å². The first-order valence-electron chi connectivity index (χ1n) is 4.29. The molecule has 0 amide bonds. The summed E-state index contributed by atoms with van der Waals surface area (Å²) >= 11 is 3.19. The Morgan fingerprint density at radius 1 is 1.53 bits per heavy atom. The van der Waals surface area contributed by atoms with E-state index in [-0.39, 0.29) is 16.3 Å². The first-order valence-corrected chi connectivity index (χ1v) is 6.73. The number of hydrogen-bond donors (Lipinski definition) is 2. The van der Waals surface area contributed by atoms with Gasteiger partial charge in [0.15, 0.2) is 9.84 Å². The third-order valence-corrected chi connectivity index (χ3v) is 4.22. The monoisotopic (exact) mass is 293 g/mol. The molecule has 84 valence electrons. The van der Waals surface area contributed by atoms with E-state index in [1.165, 1.54) is 19.1 Å². The molecule has 0 bridgehead atoms. The molecule has 0 aliphatic heterocycles. The second-order valence-corrected chi connectivity index (χ2v) is 6.23. The van der Waals surface area contributed by atoms with Gasteiger partial charge in [-0.3, -0.25) is 0 Å². The molecule has 4 nitrogen and oxygen atoms in total. The highest BCUT2D eigenvalue weighted by Crippen LogP contribution is 2.24. The van der Waals surface area contributed by atoms with Gasteiger partial charge in [0.25, 0.3) is 0 Å². The van der Waals surface area contributed by atoms with Crippen LogP contribution in [-0.4, -0.2) is 25.4 Å². The van der Waals surface area contributed by atoms with Crippen LogP contribution >= 0.6 is 15.9 Å². The second kappa shape index (κ2) is 4.51. The Morgan fingerprint density at radius 2 is 2.13 bits per heavy atom. The summed E-state index contributed by atoms with van der Waals surface area (Å²) in [5, 5.41) is 9.07. The largest absolute Gasteiger partial charge is 0.398 e. The molecule has 1 rings (SSSR count). The summed E-state index contributed by atoms with van der Waals surface area (Å²) in [6.45, 7) is 1.42. The summed E-state index contributed by atoms with van der Waals surface area (Å²) < 4.78 is 24.2. The standard InChI is InChI=1S/C9H12BrNO3S/c1-6(12)5-15(13,14)9-3-2-7(10)4-8(9)11/h2-4,6,12H,5,11H2,1H3. The van der Waals surface area contributed by atoms with Crippen molar-refractivity contribution in [2.24, 2.45) is 0 Å². The minimum atomic E-state index is -3.50. The fraction of sp³-hybridized carbons (Fsp3) is 0.333. The van der Waals surface area contributed by atoms with Crippen molar-refractivity contribution in [3.8, 4) is 0 Å². The molecule has 1 aromatic carbocycles. The van der Waals surface area contributed by atoms with Gasteiger partial charge in [0.05, 0.1) is 22.4 Å². The zero-order valence-electron chi connectivity index (χ0n) is 8.14. The van der Waals surface area contributed by atoms with E-state index in [2.05, 4.69) is 15.9 Å². The summed E-state index contributed by atoms with van der Waals surface area (Å²) in [7, 11) is -3.50. The molecule has 0 aliphatic rings. The Kier molecular flexibility index (Phi) is 3.75. The van der Waals surface area contributed by atoms with Gasteiger partial charge in [-0.05, 0) is 25.1 Å². The molecule has 0 saturated carbocycles. The topological polar surface area (TPSA) is 80.4 Å². The van der Waals surface area contributed by atoms with Crippen LogP contribution in [0.5, 0.6) is 0 Å². The van der Waals surface area contributed by atoms with Gasteiger partial charge < -0.3 is 10.8 Å². The van der Waals surface area contributed by atoms with Crippen molar-refractivity contribution in [1.82, 2.24) is 0 Å². The Bertz CT molecular complexity index is 456. The summed E-state index contributed by atoms with van der Waals surface area (Å²) in [6, 6.07) is 4.55. The van der Waals surface area contributed by atoms with Crippen molar-refractivity contribution in [3.63, 3.8) is 0 Å². The maximum Gasteiger partial charge on any atom is 0.182 e. The molecule has 3 N–H and O–H groups in total. The van der Waals surface area contributed by atoms with Crippen LogP contribution in [0.1, 0.15) is 6.92 Å². The molecule has 1 unspecified atom stereocenters. The molecule has 1 aromatic rings. The highest BCUT2D eigenvalue weighted by molar-refractivity contribution is 9.10. The Hall–Kier alpha value is -0.590. The van der Waals surface area contributed by atoms with E-state index in [0.29, 0.717) is 0 Å². The number of benzene rings is 1. The van der Waals surface area contributed by atoms with Crippen LogP contribution < -0.4 is 5.73 Å². The van der Waals surface area contributed by atoms with E-state index >= 15 is 0 Å². The number of sulfone groups is 1. The van der Waals surface area contributed by atoms with Crippen LogP contribution in [0.2, 0.25) is 0 Å². The predicted octanol–water partition coefficient (Wildman–Crippen LogP) is 1.19. The number of nitrogen functional groups attached to an aromatic ring is 1. The first kappa shape index (κ1) is 12.5. The molecule has 0 aliphatic carbocycles. The lowest BCUT2D eigenvalue weighted by molar-refractivity contribution is 0.218. The van der Waals surface area contributed by atoms with E-state index in [9.17, 15) is 8.42 Å². The Labute approximate surface area is 97.2 Å². The van der Waals surface area contributed by atoms with Gasteiger partial charge in [-0.25, -0.2) is 8.42 Å². The molecule has 0 aromatic heterocycles. The average Bonchev–Trinajstić information content (AvgIpc) is 1.99. The number of hydrogen-bond acceptors (Lipinski definition) is 4. The Morgan fingerprint density at radius 3 is 2.60 bits per heavy atom. The number of aliphatic hydroxyl groups is 1. The molecule has 0 spiro atoms. The number of anilines is 1. The molecular formula is C9H12BrNO3S. The van der Waals surface area contributed by atoms with E-state index in [1.807, 2.05) is 0 Å². The van der Waals surface area contributed by atoms with Crippen LogP contribution in [0.15, 0.2) is 27.6 Å². The fourth-order valence-electron chi connectivity index (χ4n) is 1.21. The normalized spacial score (nSPS) is 13.8. The maximum atomic E-state index is 11.7. The van der Waals surface area contributed by atoms with Crippen molar-refractivity contribution in [2.45, 2.75) is 17.9 Å². The lowest BCUT2D eigenvalue weighted by atomic mass is 10.3. The minimum Gasteiger partial charge on any atom is -0.398 e. The molecule has 0 radical (unpaired) electrons. The van der Waals surface area contributed by atoms with E-state index in [0.717, 1.165) is 4.47 Å². The van der Waals surface area contributed by atoms with Crippen molar-refractivity contribution < 1.29 is 13.5 Å². The summed E-state index contributed by atoms with van der Waals surface area (Å²) in [5.74, 6) is -0.321. The number of rotatable bonds is 3. The summed E-state index contributed by atoms with van der Waals surface area (Å²) in [6.07, 6.45) is -0.905. The molecule has 0 heterocycles. The number of nitrogens with two attached hydrogens (primary N) is 1. The van der Waals surface area contributed by atoms with Crippen LogP contribution in [-0.2, 0) is 9.84 Å². The van der Waals surface area contributed by atoms with Gasteiger partial charge in [-0.1, -0.05) is 15.9 Å². The smallest absolute Gasteiger partial charge is 0.182 e. The molecular weight excluding hydrogens is 282 g/mol. The third-order valence-electron chi connectivity index (χ3n) is 1.77. The van der Waals surface area contributed by atoms with Crippen molar-refractivity contribution >= 4 is 31.5 Å². The zero-order valence-corrected chi connectivity index (χ0v) is 10.5. The summed E-state index contributed by atoms with van der Waals surface area (Å²) in [4.78, 5) is 0.0617. The van der Waals surface area contributed by atoms with E-state index < -0.39 is 15.9 Å². The first-order chi connectivity index (χ1) is 6.83. The highest BCUT2D eigenvalue weighted by atomic mass is 79.9. The van der Waals surface area contributed by atoms with Crippen molar-refractivity contribution in [2.75, 3.05) is 11.5 Å². The fourth-order valence-corrected chi connectivity index (χ4v) is 3.10. The molecule has 0 saturated heterocycles. The van der Waals surface area contributed by atoms with Gasteiger partial charge in [-0.2, -0.15) is 0 Å².